The monoisotopic (exact) mass is 282 g/mol. The van der Waals surface area contributed by atoms with Crippen molar-refractivity contribution in [3.8, 4) is 0 Å². The van der Waals surface area contributed by atoms with Gasteiger partial charge in [-0.2, -0.15) is 0 Å². The van der Waals surface area contributed by atoms with Crippen molar-refractivity contribution in [2.45, 2.75) is 0 Å². The minimum absolute atomic E-state index is 0.0387. The van der Waals surface area contributed by atoms with Gasteiger partial charge in [-0.05, 0) is 18.2 Å². The van der Waals surface area contributed by atoms with E-state index in [-0.39, 0.29) is 18.4 Å². The van der Waals surface area contributed by atoms with E-state index in [4.69, 9.17) is 16.3 Å². The first-order valence-corrected chi connectivity index (χ1v) is 6.44. The smallest absolute Gasteiger partial charge is 0.251 e. The molecule has 1 aromatic rings. The average molecular weight is 283 g/mol. The van der Waals surface area contributed by atoms with Crippen molar-refractivity contribution in [1.82, 2.24) is 10.2 Å². The van der Waals surface area contributed by atoms with Crippen molar-refractivity contribution in [2.24, 2.45) is 0 Å². The number of carbonyl (C=O) groups excluding carboxylic acids is 2. The van der Waals surface area contributed by atoms with Gasteiger partial charge in [0.2, 0.25) is 5.91 Å². The Kier molecular flexibility index (Phi) is 4.76. The van der Waals surface area contributed by atoms with E-state index >= 15 is 0 Å². The number of hydrogen-bond donors (Lipinski definition) is 1. The number of ether oxygens (including phenoxy) is 1. The Hall–Kier alpha value is -1.59. The van der Waals surface area contributed by atoms with Gasteiger partial charge >= 0.3 is 0 Å². The Morgan fingerprint density at radius 2 is 2.32 bits per heavy atom. The van der Waals surface area contributed by atoms with Gasteiger partial charge < -0.3 is 15.0 Å². The number of rotatable bonds is 4. The maximum atomic E-state index is 11.8. The number of hydrogen-bond acceptors (Lipinski definition) is 3. The van der Waals surface area contributed by atoms with E-state index in [1.54, 1.807) is 29.2 Å². The zero-order chi connectivity index (χ0) is 13.7. The van der Waals surface area contributed by atoms with Crippen LogP contribution in [0.4, 0.5) is 0 Å². The van der Waals surface area contributed by atoms with E-state index in [0.717, 1.165) is 0 Å². The lowest BCUT2D eigenvalue weighted by Crippen LogP contribution is -2.45. The molecule has 0 radical (unpaired) electrons. The Labute approximate surface area is 116 Å². The number of benzene rings is 1. The Morgan fingerprint density at radius 1 is 1.47 bits per heavy atom. The molecule has 1 aromatic carbocycles. The molecule has 1 N–H and O–H groups in total. The van der Waals surface area contributed by atoms with Crippen molar-refractivity contribution < 1.29 is 14.3 Å². The molecule has 6 heteroatoms. The molecule has 0 aliphatic carbocycles. The van der Waals surface area contributed by atoms with Gasteiger partial charge in [-0.3, -0.25) is 9.59 Å². The van der Waals surface area contributed by atoms with E-state index in [0.29, 0.717) is 36.8 Å². The first-order valence-electron chi connectivity index (χ1n) is 6.06. The highest BCUT2D eigenvalue weighted by Gasteiger charge is 2.18. The molecule has 1 aliphatic rings. The van der Waals surface area contributed by atoms with Gasteiger partial charge in [-0.15, -0.1) is 0 Å². The minimum atomic E-state index is -0.191. The van der Waals surface area contributed by atoms with Crippen molar-refractivity contribution >= 4 is 23.4 Å². The lowest BCUT2D eigenvalue weighted by Gasteiger charge is -2.26. The van der Waals surface area contributed by atoms with Gasteiger partial charge in [0, 0.05) is 30.2 Å². The second-order valence-electron chi connectivity index (χ2n) is 4.20. The molecule has 1 fully saturated rings. The van der Waals surface area contributed by atoms with Crippen LogP contribution in [0.1, 0.15) is 10.4 Å². The zero-order valence-corrected chi connectivity index (χ0v) is 11.2. The van der Waals surface area contributed by atoms with Gasteiger partial charge in [0.1, 0.15) is 6.61 Å². The summed E-state index contributed by atoms with van der Waals surface area (Å²) in [5.74, 6) is -0.230. The zero-order valence-electron chi connectivity index (χ0n) is 10.4. The normalized spacial score (nSPS) is 15.4. The molecule has 5 nitrogen and oxygen atoms in total. The highest BCUT2D eigenvalue weighted by Crippen LogP contribution is 2.10. The number of morpholine rings is 1. The molecular weight excluding hydrogens is 268 g/mol. The Morgan fingerprint density at radius 3 is 3.05 bits per heavy atom. The SMILES string of the molecule is O=C(NCCN1CCOCC1=O)c1cccc(Cl)c1. The van der Waals surface area contributed by atoms with E-state index in [1.165, 1.54) is 0 Å². The Bertz CT molecular complexity index is 479. The van der Waals surface area contributed by atoms with Crippen LogP contribution >= 0.6 is 11.6 Å². The molecule has 0 aromatic heterocycles. The van der Waals surface area contributed by atoms with Crippen LogP contribution in [0.3, 0.4) is 0 Å². The lowest BCUT2D eigenvalue weighted by molar-refractivity contribution is -0.142. The van der Waals surface area contributed by atoms with Crippen LogP contribution in [0.5, 0.6) is 0 Å². The predicted octanol–water partition coefficient (Wildman–Crippen LogP) is 0.929. The van der Waals surface area contributed by atoms with Crippen molar-refractivity contribution in [3.63, 3.8) is 0 Å². The summed E-state index contributed by atoms with van der Waals surface area (Å²) in [6, 6.07) is 6.74. The molecule has 1 saturated heterocycles. The van der Waals surface area contributed by atoms with E-state index < -0.39 is 0 Å². The fourth-order valence-electron chi connectivity index (χ4n) is 1.82. The third-order valence-electron chi connectivity index (χ3n) is 2.84. The fourth-order valence-corrected chi connectivity index (χ4v) is 2.01. The van der Waals surface area contributed by atoms with Gasteiger partial charge in [0.05, 0.1) is 6.61 Å². The first-order chi connectivity index (χ1) is 9.16. The standard InChI is InChI=1S/C13H15ClN2O3/c14-11-3-1-2-10(8-11)13(18)15-4-5-16-6-7-19-9-12(16)17/h1-3,8H,4-7,9H2,(H,15,18). The quantitative estimate of drug-likeness (QED) is 0.894. The predicted molar refractivity (Wildman–Crippen MR) is 71.2 cm³/mol. The van der Waals surface area contributed by atoms with Crippen molar-refractivity contribution in [3.05, 3.63) is 34.9 Å². The van der Waals surface area contributed by atoms with Gasteiger partial charge in [0.25, 0.3) is 5.91 Å². The Balaban J connectivity index is 1.79. The molecule has 102 valence electrons. The van der Waals surface area contributed by atoms with Crippen LogP contribution in [0.25, 0.3) is 0 Å². The second kappa shape index (κ2) is 6.54. The maximum absolute atomic E-state index is 11.8. The van der Waals surface area contributed by atoms with Crippen LogP contribution in [0.2, 0.25) is 5.02 Å². The number of nitrogens with zero attached hydrogens (tertiary/aromatic N) is 1. The molecule has 1 heterocycles. The van der Waals surface area contributed by atoms with Gasteiger partial charge in [0.15, 0.2) is 0 Å². The minimum Gasteiger partial charge on any atom is -0.370 e. The number of halogens is 1. The van der Waals surface area contributed by atoms with Crippen molar-refractivity contribution in [2.75, 3.05) is 32.8 Å². The van der Waals surface area contributed by atoms with Crippen LogP contribution in [-0.2, 0) is 9.53 Å². The van der Waals surface area contributed by atoms with E-state index in [1.807, 2.05) is 0 Å². The third-order valence-corrected chi connectivity index (χ3v) is 3.07. The highest BCUT2D eigenvalue weighted by atomic mass is 35.5. The molecule has 2 rings (SSSR count). The first kappa shape index (κ1) is 13.8. The number of nitrogens with one attached hydrogen (secondary N) is 1. The maximum Gasteiger partial charge on any atom is 0.251 e. The fraction of sp³-hybridized carbons (Fsp3) is 0.385. The summed E-state index contributed by atoms with van der Waals surface area (Å²) in [5.41, 5.74) is 0.515. The van der Waals surface area contributed by atoms with E-state index in [9.17, 15) is 9.59 Å². The second-order valence-corrected chi connectivity index (χ2v) is 4.64. The number of amides is 2. The number of carbonyl (C=O) groups is 2. The highest BCUT2D eigenvalue weighted by molar-refractivity contribution is 6.30. The largest absolute Gasteiger partial charge is 0.370 e. The molecule has 1 aliphatic heterocycles. The van der Waals surface area contributed by atoms with Crippen LogP contribution in [0, 0.1) is 0 Å². The molecule has 0 atom stereocenters. The summed E-state index contributed by atoms with van der Waals surface area (Å²) in [5, 5.41) is 3.29. The third kappa shape index (κ3) is 3.94. The van der Waals surface area contributed by atoms with Crippen LogP contribution in [-0.4, -0.2) is 49.6 Å². The summed E-state index contributed by atoms with van der Waals surface area (Å²) >= 11 is 5.82. The molecule has 0 unspecified atom stereocenters. The summed E-state index contributed by atoms with van der Waals surface area (Å²) in [7, 11) is 0. The summed E-state index contributed by atoms with van der Waals surface area (Å²) in [6.07, 6.45) is 0. The molecule has 0 spiro atoms. The van der Waals surface area contributed by atoms with E-state index in [2.05, 4.69) is 5.32 Å². The average Bonchev–Trinajstić information content (AvgIpc) is 2.41. The molecule has 19 heavy (non-hydrogen) atoms. The van der Waals surface area contributed by atoms with Gasteiger partial charge in [-0.25, -0.2) is 0 Å². The topological polar surface area (TPSA) is 58.6 Å². The molecule has 0 saturated carbocycles. The molecule has 0 bridgehead atoms. The van der Waals surface area contributed by atoms with Crippen molar-refractivity contribution in [1.29, 1.82) is 0 Å². The summed E-state index contributed by atoms with van der Waals surface area (Å²) in [6.45, 7) is 2.16. The van der Waals surface area contributed by atoms with Gasteiger partial charge in [-0.1, -0.05) is 17.7 Å². The molecule has 2 amide bonds. The van der Waals surface area contributed by atoms with Crippen LogP contribution < -0.4 is 5.32 Å². The lowest BCUT2D eigenvalue weighted by atomic mass is 10.2. The summed E-state index contributed by atoms with van der Waals surface area (Å²) in [4.78, 5) is 25.0. The van der Waals surface area contributed by atoms with Crippen LogP contribution in [0.15, 0.2) is 24.3 Å². The molecular formula is C13H15ClN2O3. The summed E-state index contributed by atoms with van der Waals surface area (Å²) < 4.78 is 5.03.